The molecule has 4 rings (SSSR count). The van der Waals surface area contributed by atoms with Crippen LogP contribution in [0.15, 0.2) is 65.4 Å². The van der Waals surface area contributed by atoms with Crippen molar-refractivity contribution in [3.8, 4) is 0 Å². The van der Waals surface area contributed by atoms with Crippen LogP contribution in [0, 0.1) is 18.8 Å². The molecule has 1 saturated carbocycles. The Hall–Kier alpha value is -3.45. The number of hydrogen-bond donors (Lipinski definition) is 2. The van der Waals surface area contributed by atoms with Gasteiger partial charge in [-0.3, -0.25) is 9.69 Å². The zero-order chi connectivity index (χ0) is 24.2. The van der Waals surface area contributed by atoms with Gasteiger partial charge >= 0.3 is 11.9 Å². The molecular weight excluding hydrogens is 430 g/mol. The Bertz CT molecular complexity index is 1190. The molecule has 0 spiro atoms. The van der Waals surface area contributed by atoms with Gasteiger partial charge in [-0.2, -0.15) is 0 Å². The lowest BCUT2D eigenvalue weighted by molar-refractivity contribution is -0.806. The monoisotopic (exact) mass is 465 g/mol. The molecule has 6 N–H and O–H groups in total. The first-order valence-electron chi connectivity index (χ1n) is 11.9. The van der Waals surface area contributed by atoms with Crippen LogP contribution in [0.5, 0.6) is 0 Å². The quantitative estimate of drug-likeness (QED) is 0.394. The van der Waals surface area contributed by atoms with Crippen molar-refractivity contribution < 1.29 is 29.0 Å². The number of benzene rings is 1. The van der Waals surface area contributed by atoms with E-state index in [1.165, 1.54) is 0 Å². The topological polar surface area (TPSA) is 105 Å². The number of para-hydroxylation sites is 1. The van der Waals surface area contributed by atoms with Crippen LogP contribution in [0.2, 0.25) is 0 Å². The van der Waals surface area contributed by atoms with Crippen LogP contribution in [0.25, 0.3) is 10.9 Å². The molecule has 0 bridgehead atoms. The summed E-state index contributed by atoms with van der Waals surface area (Å²) in [5.41, 5.74) is 3.35. The maximum absolute atomic E-state index is 13.3. The molecule has 7 heteroatoms. The standard InChI is InChI=1S/C27H31N3O4/c1-17(20-8-10-22(11-9-20)27(32)33)28-26(31)18(2)30(25-14-15-34-19(25)3)16-23-13-12-21-6-4-5-7-24(21)29-23/h4-7,12-15,17,20,22H,2,8-11,16H2,1,3H3,(H,28,31)(H,32,33)/p+4. The van der Waals surface area contributed by atoms with Gasteiger partial charge in [0.25, 0.3) is 0 Å². The predicted octanol–water partition coefficient (Wildman–Crippen LogP) is 2.32. The Morgan fingerprint density at radius 2 is 1.97 bits per heavy atom. The number of quaternary nitrogens is 1. The highest BCUT2D eigenvalue weighted by Crippen LogP contribution is 2.31. The first kappa shape index (κ1) is 23.7. The molecule has 0 aliphatic heterocycles. The van der Waals surface area contributed by atoms with E-state index in [1.54, 1.807) is 6.26 Å². The van der Waals surface area contributed by atoms with E-state index in [0.717, 1.165) is 58.6 Å². The second kappa shape index (κ2) is 10.2. The summed E-state index contributed by atoms with van der Waals surface area (Å²) in [6.45, 7) is 8.62. The van der Waals surface area contributed by atoms with E-state index < -0.39 is 0 Å². The zero-order valence-corrected chi connectivity index (χ0v) is 19.9. The molecule has 3 aromatic rings. The fourth-order valence-corrected chi connectivity index (χ4v) is 4.96. The Morgan fingerprint density at radius 3 is 2.65 bits per heavy atom. The average Bonchev–Trinajstić information content (AvgIpc) is 3.27. The lowest BCUT2D eigenvalue weighted by Crippen LogP contribution is -3.05. The fraction of sp³-hybridized carbons (Fsp3) is 0.370. The van der Waals surface area contributed by atoms with E-state index in [1.807, 2.05) is 44.2 Å². The number of H-pyrrole nitrogens is 1. The van der Waals surface area contributed by atoms with E-state index >= 15 is 0 Å². The molecule has 1 amide bonds. The summed E-state index contributed by atoms with van der Waals surface area (Å²) in [4.78, 5) is 27.0. The highest BCUT2D eigenvalue weighted by Gasteiger charge is 2.36. The lowest BCUT2D eigenvalue weighted by atomic mass is 9.79. The third kappa shape index (κ3) is 5.20. The smallest absolute Gasteiger partial charge is 0.524 e. The summed E-state index contributed by atoms with van der Waals surface area (Å²) in [7, 11) is 0. The van der Waals surface area contributed by atoms with Crippen LogP contribution >= 0.6 is 0 Å². The van der Waals surface area contributed by atoms with E-state index in [-0.39, 0.29) is 23.8 Å². The van der Waals surface area contributed by atoms with Gasteiger partial charge in [0.1, 0.15) is 0 Å². The number of carbonyl (C=O) groups is 1. The van der Waals surface area contributed by atoms with Gasteiger partial charge in [0, 0.05) is 29.6 Å². The lowest BCUT2D eigenvalue weighted by Gasteiger charge is -2.29. The Balaban J connectivity index is 1.48. The number of nitrogens with one attached hydrogen (secondary N) is 3. The maximum atomic E-state index is 13.3. The Kier molecular flexibility index (Phi) is 7.12. The van der Waals surface area contributed by atoms with Gasteiger partial charge in [-0.15, -0.1) is 0 Å². The fourth-order valence-electron chi connectivity index (χ4n) is 4.96. The summed E-state index contributed by atoms with van der Waals surface area (Å²) in [5, 5.41) is 11.7. The number of hydrogen-bond acceptors (Lipinski definition) is 2. The van der Waals surface area contributed by atoms with Crippen LogP contribution in [0.4, 0.5) is 5.69 Å². The van der Waals surface area contributed by atoms with Crippen molar-refractivity contribution in [1.82, 2.24) is 5.32 Å². The van der Waals surface area contributed by atoms with Crippen LogP contribution in [0.3, 0.4) is 0 Å². The summed E-state index contributed by atoms with van der Waals surface area (Å²) in [6, 6.07) is 14.1. The van der Waals surface area contributed by atoms with Gasteiger partial charge in [0.05, 0.1) is 6.26 Å². The largest absolute Gasteiger partial charge is 0.624 e. The third-order valence-electron chi connectivity index (χ3n) is 7.13. The van der Waals surface area contributed by atoms with Gasteiger partial charge in [0.15, 0.2) is 29.6 Å². The van der Waals surface area contributed by atoms with Gasteiger partial charge in [-0.25, -0.2) is 9.78 Å². The molecule has 2 unspecified atom stereocenters. The molecular formula is C27H35N3O4+4. The molecule has 2 aromatic heterocycles. The summed E-state index contributed by atoms with van der Waals surface area (Å²) < 4.78 is 5.55. The van der Waals surface area contributed by atoms with Crippen molar-refractivity contribution in [2.75, 3.05) is 0 Å². The van der Waals surface area contributed by atoms with Crippen LogP contribution in [-0.2, 0) is 11.3 Å². The molecule has 34 heavy (non-hydrogen) atoms. The second-order valence-electron chi connectivity index (χ2n) is 9.35. The summed E-state index contributed by atoms with van der Waals surface area (Å²) >= 11 is 0. The Morgan fingerprint density at radius 1 is 1.24 bits per heavy atom. The number of aromatic nitrogens is 1. The van der Waals surface area contributed by atoms with Gasteiger partial charge in [-0.05, 0) is 64.2 Å². The molecule has 7 nitrogen and oxygen atoms in total. The highest BCUT2D eigenvalue weighted by atomic mass is 16.4. The number of aromatic amines is 1. The molecule has 2 atom stereocenters. The first-order valence-corrected chi connectivity index (χ1v) is 11.9. The van der Waals surface area contributed by atoms with Gasteiger partial charge < -0.3 is 14.8 Å². The summed E-state index contributed by atoms with van der Waals surface area (Å²) in [5.74, 6) is 0.629. The van der Waals surface area contributed by atoms with Crippen LogP contribution in [0.1, 0.15) is 44.1 Å². The zero-order valence-electron chi connectivity index (χ0n) is 19.9. The molecule has 0 saturated heterocycles. The number of pyridine rings is 1. The highest BCUT2D eigenvalue weighted by molar-refractivity contribution is 5.90. The van der Waals surface area contributed by atoms with Crippen LogP contribution < -0.4 is 15.2 Å². The maximum Gasteiger partial charge on any atom is 0.624 e. The van der Waals surface area contributed by atoms with E-state index in [0.29, 0.717) is 18.2 Å². The molecule has 2 heterocycles. The normalized spacial score (nSPS) is 19.9. The SMILES string of the molecule is C=C(C(=O)NC(C)C1CCC(C(=[OH+])[OH2+])CC1)[NH+](Cc1ccc2ccccc2[nH+]1)c1ccoc1C. The molecule has 1 aliphatic rings. The predicted molar refractivity (Wildman–Crippen MR) is 131 cm³/mol. The minimum absolute atomic E-state index is 0.0167. The third-order valence-corrected chi connectivity index (χ3v) is 7.13. The molecule has 0 radical (unpaired) electrons. The number of fused-ring (bicyclic) bond motifs is 1. The van der Waals surface area contributed by atoms with Crippen molar-refractivity contribution in [2.24, 2.45) is 11.8 Å². The molecule has 1 aromatic carbocycles. The number of aryl methyl sites for hydroxylation is 1. The minimum Gasteiger partial charge on any atom is -0.524 e. The van der Waals surface area contributed by atoms with Crippen molar-refractivity contribution in [3.05, 3.63) is 72.5 Å². The van der Waals surface area contributed by atoms with Crippen LogP contribution in [-0.4, -0.2) is 27.8 Å². The van der Waals surface area contributed by atoms with E-state index in [9.17, 15) is 9.59 Å². The summed E-state index contributed by atoms with van der Waals surface area (Å²) in [6.07, 6.45) is 4.96. The first-order chi connectivity index (χ1) is 16.3. The number of rotatable bonds is 8. The molecule has 1 fully saturated rings. The van der Waals surface area contributed by atoms with Crippen molar-refractivity contribution in [1.29, 1.82) is 0 Å². The van der Waals surface area contributed by atoms with Gasteiger partial charge in [-0.1, -0.05) is 12.1 Å². The van der Waals surface area contributed by atoms with E-state index in [2.05, 4.69) is 29.0 Å². The Labute approximate surface area is 199 Å². The second-order valence-corrected chi connectivity index (χ2v) is 9.35. The minimum atomic E-state index is -0.219. The molecule has 1 aliphatic carbocycles. The van der Waals surface area contributed by atoms with Crippen molar-refractivity contribution >= 4 is 28.5 Å². The number of amides is 1. The number of furan rings is 1. The average molecular weight is 466 g/mol. The molecule has 178 valence electrons. The van der Waals surface area contributed by atoms with E-state index in [4.69, 9.17) is 9.52 Å². The van der Waals surface area contributed by atoms with Crippen molar-refractivity contribution in [2.45, 2.75) is 52.1 Å². The number of carbonyl (C=O) groups excluding carboxylic acids is 2. The van der Waals surface area contributed by atoms with Gasteiger partial charge in [0.2, 0.25) is 11.2 Å². The van der Waals surface area contributed by atoms with Crippen molar-refractivity contribution in [3.63, 3.8) is 0 Å².